The highest BCUT2D eigenvalue weighted by Crippen LogP contribution is 2.20. The third-order valence-electron chi connectivity index (χ3n) is 5.37. The van der Waals surface area contributed by atoms with Crippen molar-refractivity contribution in [2.24, 2.45) is 11.8 Å². The van der Waals surface area contributed by atoms with Gasteiger partial charge in [-0.1, -0.05) is 86.0 Å². The number of ether oxygens (including phenoxy) is 2. The fourth-order valence-electron chi connectivity index (χ4n) is 3.87. The Kier molecular flexibility index (Phi) is 19.6. The van der Waals surface area contributed by atoms with Gasteiger partial charge in [0.05, 0.1) is 13.2 Å². The Morgan fingerprint density at radius 3 is 1.27 bits per heavy atom. The summed E-state index contributed by atoms with van der Waals surface area (Å²) in [5.41, 5.74) is 0. The average molecular weight is 371 g/mol. The summed E-state index contributed by atoms with van der Waals surface area (Å²) in [5, 5.41) is 0. The highest BCUT2D eigenvalue weighted by molar-refractivity contribution is 4.61. The maximum absolute atomic E-state index is 6.30. The van der Waals surface area contributed by atoms with Gasteiger partial charge in [0, 0.05) is 0 Å². The smallest absolute Gasteiger partial charge is 0.157 e. The number of hydrogen-bond acceptors (Lipinski definition) is 2. The van der Waals surface area contributed by atoms with Gasteiger partial charge in [-0.05, 0) is 50.4 Å². The van der Waals surface area contributed by atoms with E-state index in [2.05, 4.69) is 34.6 Å². The monoisotopic (exact) mass is 370 g/mol. The molecule has 0 aromatic carbocycles. The first-order chi connectivity index (χ1) is 12.7. The Hall–Kier alpha value is -0.0800. The minimum absolute atomic E-state index is 0.0176. The van der Waals surface area contributed by atoms with Crippen LogP contribution in [0.2, 0.25) is 0 Å². The Morgan fingerprint density at radius 2 is 0.885 bits per heavy atom. The first-order valence-electron chi connectivity index (χ1n) is 11.9. The maximum Gasteiger partial charge on any atom is 0.157 e. The number of hydrogen-bond donors (Lipinski definition) is 0. The largest absolute Gasteiger partial charge is 0.352 e. The zero-order valence-electron chi connectivity index (χ0n) is 18.9. The van der Waals surface area contributed by atoms with Gasteiger partial charge in [-0.15, -0.1) is 0 Å². The Morgan fingerprint density at radius 1 is 0.462 bits per heavy atom. The lowest BCUT2D eigenvalue weighted by molar-refractivity contribution is -0.162. The normalized spacial score (nSPS) is 12.0. The van der Waals surface area contributed by atoms with Gasteiger partial charge in [-0.2, -0.15) is 0 Å². The van der Waals surface area contributed by atoms with Crippen molar-refractivity contribution >= 4 is 0 Å². The molecule has 0 bridgehead atoms. The third kappa shape index (κ3) is 15.0. The van der Waals surface area contributed by atoms with Crippen LogP contribution in [0.25, 0.3) is 0 Å². The molecule has 2 heteroatoms. The zero-order valence-corrected chi connectivity index (χ0v) is 18.9. The summed E-state index contributed by atoms with van der Waals surface area (Å²) in [4.78, 5) is 0. The van der Waals surface area contributed by atoms with Gasteiger partial charge in [0.1, 0.15) is 0 Å². The minimum atomic E-state index is 0.0176. The Bertz CT molecular complexity index is 235. The van der Waals surface area contributed by atoms with E-state index in [1.807, 2.05) is 0 Å². The maximum atomic E-state index is 6.30. The van der Waals surface area contributed by atoms with Gasteiger partial charge in [-0.25, -0.2) is 0 Å². The zero-order chi connectivity index (χ0) is 19.5. The molecule has 0 rings (SSSR count). The van der Waals surface area contributed by atoms with Crippen LogP contribution in [0.4, 0.5) is 0 Å². The minimum Gasteiger partial charge on any atom is -0.352 e. The van der Waals surface area contributed by atoms with Crippen molar-refractivity contribution in [2.45, 2.75) is 131 Å². The van der Waals surface area contributed by atoms with Crippen molar-refractivity contribution in [3.63, 3.8) is 0 Å². The summed E-state index contributed by atoms with van der Waals surface area (Å²) in [6.45, 7) is 13.2. The molecular weight excluding hydrogens is 320 g/mol. The van der Waals surface area contributed by atoms with Gasteiger partial charge in [0.2, 0.25) is 0 Å². The first kappa shape index (κ1) is 25.9. The highest BCUT2D eigenvalue weighted by atomic mass is 16.7. The van der Waals surface area contributed by atoms with Crippen molar-refractivity contribution < 1.29 is 9.47 Å². The van der Waals surface area contributed by atoms with Crippen molar-refractivity contribution in [3.8, 4) is 0 Å². The Balaban J connectivity index is 4.41. The summed E-state index contributed by atoms with van der Waals surface area (Å²) in [6.07, 6.45) is 17.8. The summed E-state index contributed by atoms with van der Waals surface area (Å²) in [5.74, 6) is 1.41. The molecule has 0 aliphatic heterocycles. The molecule has 158 valence electrons. The highest BCUT2D eigenvalue weighted by Gasteiger charge is 2.16. The predicted octanol–water partition coefficient (Wildman–Crippen LogP) is 8.14. The molecule has 2 nitrogen and oxygen atoms in total. The third-order valence-corrected chi connectivity index (χ3v) is 5.37. The van der Waals surface area contributed by atoms with E-state index in [9.17, 15) is 0 Å². The SMILES string of the molecule is CCCCCCCC(OCC(CCC)CCC)OCC(CCC)CCC. The second-order valence-electron chi connectivity index (χ2n) is 8.19. The van der Waals surface area contributed by atoms with E-state index in [4.69, 9.17) is 9.47 Å². The molecule has 26 heavy (non-hydrogen) atoms. The van der Waals surface area contributed by atoms with Crippen LogP contribution < -0.4 is 0 Å². The molecule has 0 saturated heterocycles. The molecule has 0 N–H and O–H groups in total. The molecule has 0 amide bonds. The summed E-state index contributed by atoms with van der Waals surface area (Å²) < 4.78 is 12.6. The number of unbranched alkanes of at least 4 members (excludes halogenated alkanes) is 4. The van der Waals surface area contributed by atoms with E-state index in [0.717, 1.165) is 19.6 Å². The van der Waals surface area contributed by atoms with Crippen LogP contribution in [0.1, 0.15) is 125 Å². The van der Waals surface area contributed by atoms with Gasteiger partial charge in [0.25, 0.3) is 0 Å². The van der Waals surface area contributed by atoms with E-state index < -0.39 is 0 Å². The molecule has 0 aliphatic carbocycles. The van der Waals surface area contributed by atoms with E-state index in [1.54, 1.807) is 0 Å². The molecule has 0 aliphatic rings. The molecule has 0 heterocycles. The molecule has 0 fully saturated rings. The second kappa shape index (κ2) is 19.7. The second-order valence-corrected chi connectivity index (χ2v) is 8.19. The lowest BCUT2D eigenvalue weighted by atomic mass is 9.99. The molecular formula is C24H50O2. The summed E-state index contributed by atoms with van der Waals surface area (Å²) >= 11 is 0. The van der Waals surface area contributed by atoms with Gasteiger partial charge < -0.3 is 9.47 Å². The summed E-state index contributed by atoms with van der Waals surface area (Å²) in [7, 11) is 0. The molecule has 0 radical (unpaired) electrons. The predicted molar refractivity (Wildman–Crippen MR) is 116 cm³/mol. The molecule has 0 atom stereocenters. The molecule has 0 saturated carbocycles. The van der Waals surface area contributed by atoms with E-state index >= 15 is 0 Å². The standard InChI is InChI=1S/C24H50O2/c1-6-11-12-13-14-19-24(25-20-22(15-7-2)16-8-3)26-21-23(17-9-4)18-10-5/h22-24H,6-21H2,1-5H3. The fraction of sp³-hybridized carbons (Fsp3) is 1.00. The van der Waals surface area contributed by atoms with Crippen LogP contribution in [-0.2, 0) is 9.47 Å². The lowest BCUT2D eigenvalue weighted by Crippen LogP contribution is -2.24. The molecule has 0 aromatic rings. The molecule has 0 unspecified atom stereocenters. The van der Waals surface area contributed by atoms with E-state index in [1.165, 1.54) is 83.5 Å². The van der Waals surface area contributed by atoms with Gasteiger partial charge >= 0.3 is 0 Å². The first-order valence-corrected chi connectivity index (χ1v) is 11.9. The average Bonchev–Trinajstić information content (AvgIpc) is 2.63. The Labute approximate surface area is 165 Å². The molecule has 0 aromatic heterocycles. The van der Waals surface area contributed by atoms with Crippen LogP contribution in [0.3, 0.4) is 0 Å². The van der Waals surface area contributed by atoms with Crippen molar-refractivity contribution in [3.05, 3.63) is 0 Å². The number of rotatable bonds is 20. The lowest BCUT2D eigenvalue weighted by Gasteiger charge is -2.25. The van der Waals surface area contributed by atoms with Crippen LogP contribution in [0, 0.1) is 11.8 Å². The van der Waals surface area contributed by atoms with Crippen LogP contribution in [0.15, 0.2) is 0 Å². The van der Waals surface area contributed by atoms with Crippen LogP contribution >= 0.6 is 0 Å². The van der Waals surface area contributed by atoms with Crippen LogP contribution in [0.5, 0.6) is 0 Å². The van der Waals surface area contributed by atoms with Crippen molar-refractivity contribution in [1.82, 2.24) is 0 Å². The van der Waals surface area contributed by atoms with Crippen molar-refractivity contribution in [2.75, 3.05) is 13.2 Å². The van der Waals surface area contributed by atoms with Gasteiger partial charge in [-0.3, -0.25) is 0 Å². The molecule has 0 spiro atoms. The summed E-state index contributed by atoms with van der Waals surface area (Å²) in [6, 6.07) is 0. The topological polar surface area (TPSA) is 18.5 Å². The van der Waals surface area contributed by atoms with E-state index in [-0.39, 0.29) is 6.29 Å². The quantitative estimate of drug-likeness (QED) is 0.159. The van der Waals surface area contributed by atoms with Crippen LogP contribution in [-0.4, -0.2) is 19.5 Å². The van der Waals surface area contributed by atoms with Crippen molar-refractivity contribution in [1.29, 1.82) is 0 Å². The fourth-order valence-corrected chi connectivity index (χ4v) is 3.87. The van der Waals surface area contributed by atoms with E-state index in [0.29, 0.717) is 11.8 Å². The van der Waals surface area contributed by atoms with Gasteiger partial charge in [0.15, 0.2) is 6.29 Å².